The van der Waals surface area contributed by atoms with Gasteiger partial charge in [-0.05, 0) is 90.5 Å². The number of fused-ring (bicyclic) bond motifs is 9. The van der Waals surface area contributed by atoms with E-state index in [9.17, 15) is 0 Å². The Morgan fingerprint density at radius 2 is 1.00 bits per heavy atom. The van der Waals surface area contributed by atoms with Crippen molar-refractivity contribution in [3.8, 4) is 0 Å². The van der Waals surface area contributed by atoms with Gasteiger partial charge >= 0.3 is 0 Å². The summed E-state index contributed by atoms with van der Waals surface area (Å²) in [6, 6.07) is 24.4. The molecule has 0 spiro atoms. The Kier molecular flexibility index (Phi) is 5.37. The molecule has 7 rings (SSSR count). The number of benzene rings is 1. The van der Waals surface area contributed by atoms with Gasteiger partial charge in [0.25, 0.3) is 0 Å². The number of aromatic nitrogens is 4. The van der Waals surface area contributed by atoms with Gasteiger partial charge in [-0.15, -0.1) is 0 Å². The van der Waals surface area contributed by atoms with Gasteiger partial charge in [-0.25, -0.2) is 9.97 Å². The summed E-state index contributed by atoms with van der Waals surface area (Å²) in [7, 11) is 0. The third-order valence-corrected chi connectivity index (χ3v) is 5.62. The van der Waals surface area contributed by atoms with Gasteiger partial charge in [-0.2, -0.15) is 5.10 Å². The molecule has 6 heterocycles. The summed E-state index contributed by atoms with van der Waals surface area (Å²) in [5.74, 6) is 0. The third kappa shape index (κ3) is 4.86. The number of H-pyrrole nitrogens is 2. The van der Waals surface area contributed by atoms with Crippen molar-refractivity contribution in [1.82, 2.24) is 19.9 Å². The minimum Gasteiger partial charge on any atom is -0.355 e. The molecule has 3 aliphatic rings. The van der Waals surface area contributed by atoms with Crippen LogP contribution in [0.2, 0.25) is 0 Å². The normalized spacial score (nSPS) is 12.9. The Morgan fingerprint density at radius 1 is 0.514 bits per heavy atom. The zero-order valence-corrected chi connectivity index (χ0v) is 18.8. The molecule has 0 amide bonds. The zero-order valence-electron chi connectivity index (χ0n) is 18.8. The molecule has 6 nitrogen and oxygen atoms in total. The first-order valence-electron chi connectivity index (χ1n) is 11.4. The first-order chi connectivity index (χ1) is 17.3. The number of aromatic amines is 2. The van der Waals surface area contributed by atoms with Gasteiger partial charge in [0.2, 0.25) is 0 Å². The summed E-state index contributed by atoms with van der Waals surface area (Å²) in [6.07, 6.45) is 13.8. The van der Waals surface area contributed by atoms with Gasteiger partial charge in [0, 0.05) is 28.3 Å². The van der Waals surface area contributed by atoms with Gasteiger partial charge in [0.1, 0.15) is 0 Å². The maximum atomic E-state index is 4.63. The smallest absolute Gasteiger partial charge is 0.0658 e. The number of anilines is 1. The molecule has 4 aromatic rings. The summed E-state index contributed by atoms with van der Waals surface area (Å²) >= 11 is 0. The van der Waals surface area contributed by atoms with E-state index in [1.165, 1.54) is 5.56 Å². The zero-order chi connectivity index (χ0) is 23.5. The lowest BCUT2D eigenvalue weighted by Crippen LogP contribution is -1.87. The Bertz CT molecular complexity index is 1510. The van der Waals surface area contributed by atoms with Gasteiger partial charge in [0.15, 0.2) is 0 Å². The number of nitrogens with zero attached hydrogens (tertiary/aromatic N) is 3. The van der Waals surface area contributed by atoms with E-state index in [1.807, 2.05) is 85.0 Å². The SMILES string of the molecule is C1=Cc2cc3ccc(cc4nc(cc5ccc(cc1n2)[nH]5)C=C4)[nH]3.C1=Cc2ccccc2NN=C1. The summed E-state index contributed by atoms with van der Waals surface area (Å²) in [4.78, 5) is 16.0. The molecule has 0 fully saturated rings. The number of allylic oxidation sites excluding steroid dienone is 1. The monoisotopic (exact) mass is 454 g/mol. The average Bonchev–Trinajstić information content (AvgIpc) is 3.65. The average molecular weight is 455 g/mol. The molecule has 0 atom stereocenters. The Labute approximate surface area is 202 Å². The molecule has 168 valence electrons. The number of rotatable bonds is 0. The molecule has 35 heavy (non-hydrogen) atoms. The van der Waals surface area contributed by atoms with Crippen LogP contribution in [0.3, 0.4) is 0 Å². The molecule has 0 unspecified atom stereocenters. The first-order valence-corrected chi connectivity index (χ1v) is 11.4. The van der Waals surface area contributed by atoms with Gasteiger partial charge in [0.05, 0.1) is 28.5 Å². The first kappa shape index (κ1) is 20.6. The van der Waals surface area contributed by atoms with Crippen molar-refractivity contribution < 1.29 is 0 Å². The molecule has 3 aliphatic heterocycles. The maximum Gasteiger partial charge on any atom is 0.0658 e. The summed E-state index contributed by atoms with van der Waals surface area (Å²) in [5, 5.41) is 3.95. The number of para-hydroxylation sites is 1. The van der Waals surface area contributed by atoms with Crippen molar-refractivity contribution in [1.29, 1.82) is 0 Å². The van der Waals surface area contributed by atoms with Crippen molar-refractivity contribution in [2.75, 3.05) is 5.43 Å². The van der Waals surface area contributed by atoms with Gasteiger partial charge in [-0.1, -0.05) is 24.3 Å². The highest BCUT2D eigenvalue weighted by atomic mass is 15.3. The van der Waals surface area contributed by atoms with E-state index < -0.39 is 0 Å². The van der Waals surface area contributed by atoms with Crippen molar-refractivity contribution >= 4 is 64.3 Å². The second-order valence-corrected chi connectivity index (χ2v) is 8.24. The van der Waals surface area contributed by atoms with Crippen LogP contribution in [0.1, 0.15) is 28.3 Å². The molecule has 6 heteroatoms. The minimum absolute atomic E-state index is 0.939. The molecule has 8 bridgehead atoms. The molecule has 3 aromatic heterocycles. The molecule has 0 saturated carbocycles. The molecule has 0 saturated heterocycles. The maximum absolute atomic E-state index is 4.63. The number of hydrogen-bond donors (Lipinski definition) is 3. The minimum atomic E-state index is 0.939. The Balaban J connectivity index is 0.000000174. The van der Waals surface area contributed by atoms with E-state index in [-0.39, 0.29) is 0 Å². The second-order valence-electron chi connectivity index (χ2n) is 8.24. The number of hydrogen-bond acceptors (Lipinski definition) is 4. The molecular weight excluding hydrogens is 432 g/mol. The number of nitrogens with one attached hydrogen (secondary N) is 3. The fraction of sp³-hybridized carbons (Fsp3) is 0. The molecular formula is C29H22N6. The standard InChI is InChI=1S/C20H14N4.C9H8N2/c1-2-14-10-16-5-6-18(23-16)12-20-8-7-19(24-20)11-17-4-3-15(22-17)9-13(1)21-14;1-2-6-9-8(4-1)5-3-7-10-11-9/h1-12,21,24H;1-7,11H. The molecule has 0 aliphatic carbocycles. The van der Waals surface area contributed by atoms with Crippen LogP contribution in [-0.4, -0.2) is 26.2 Å². The van der Waals surface area contributed by atoms with Gasteiger partial charge in [-0.3, -0.25) is 5.43 Å². The van der Waals surface area contributed by atoms with Crippen LogP contribution in [0.25, 0.3) is 52.4 Å². The molecule has 3 N–H and O–H groups in total. The van der Waals surface area contributed by atoms with Crippen LogP contribution < -0.4 is 5.43 Å². The highest BCUT2D eigenvalue weighted by molar-refractivity contribution is 5.84. The lowest BCUT2D eigenvalue weighted by molar-refractivity contribution is 1.31. The summed E-state index contributed by atoms with van der Waals surface area (Å²) in [6.45, 7) is 0. The fourth-order valence-corrected chi connectivity index (χ4v) is 3.98. The van der Waals surface area contributed by atoms with Crippen LogP contribution in [0.4, 0.5) is 5.69 Å². The van der Waals surface area contributed by atoms with Crippen LogP contribution in [0.5, 0.6) is 0 Å². The highest BCUT2D eigenvalue weighted by Crippen LogP contribution is 2.18. The third-order valence-electron chi connectivity index (χ3n) is 5.62. The quantitative estimate of drug-likeness (QED) is 0.237. The highest BCUT2D eigenvalue weighted by Gasteiger charge is 2.01. The second kappa shape index (κ2) is 9.11. The predicted octanol–water partition coefficient (Wildman–Crippen LogP) is 6.77. The van der Waals surface area contributed by atoms with Crippen LogP contribution >= 0.6 is 0 Å². The molecule has 0 radical (unpaired) electrons. The van der Waals surface area contributed by atoms with Crippen molar-refractivity contribution in [2.45, 2.75) is 0 Å². The topological polar surface area (TPSA) is 81.8 Å². The Morgan fingerprint density at radius 3 is 1.51 bits per heavy atom. The van der Waals surface area contributed by atoms with E-state index in [0.717, 1.165) is 50.5 Å². The van der Waals surface area contributed by atoms with Crippen molar-refractivity contribution in [2.24, 2.45) is 5.10 Å². The van der Waals surface area contributed by atoms with E-state index >= 15 is 0 Å². The molecule has 1 aromatic carbocycles. The van der Waals surface area contributed by atoms with E-state index in [4.69, 9.17) is 0 Å². The van der Waals surface area contributed by atoms with Gasteiger partial charge < -0.3 is 9.97 Å². The predicted molar refractivity (Wildman–Crippen MR) is 146 cm³/mol. The van der Waals surface area contributed by atoms with E-state index in [1.54, 1.807) is 6.21 Å². The lowest BCUT2D eigenvalue weighted by Gasteiger charge is -2.00. The largest absolute Gasteiger partial charge is 0.355 e. The van der Waals surface area contributed by atoms with E-state index in [2.05, 4.69) is 54.7 Å². The van der Waals surface area contributed by atoms with Crippen LogP contribution in [0, 0.1) is 0 Å². The van der Waals surface area contributed by atoms with Crippen molar-refractivity contribution in [3.05, 3.63) is 107 Å². The summed E-state index contributed by atoms with van der Waals surface area (Å²) in [5.41, 5.74) is 13.0. The van der Waals surface area contributed by atoms with Crippen LogP contribution in [0.15, 0.2) is 84.0 Å². The Hall–Kier alpha value is -4.97. The number of hydrazone groups is 1. The lowest BCUT2D eigenvalue weighted by atomic mass is 10.2. The van der Waals surface area contributed by atoms with Crippen molar-refractivity contribution in [3.63, 3.8) is 0 Å². The fourth-order valence-electron chi connectivity index (χ4n) is 3.98. The van der Waals surface area contributed by atoms with E-state index in [0.29, 0.717) is 0 Å². The van der Waals surface area contributed by atoms with Crippen LogP contribution in [-0.2, 0) is 0 Å². The summed E-state index contributed by atoms with van der Waals surface area (Å²) < 4.78 is 0.